The number of aliphatic hydroxyl groups excluding tert-OH is 1. The summed E-state index contributed by atoms with van der Waals surface area (Å²) in [4.78, 5) is 14.3. The molecular formula is C15H29NO2. The van der Waals surface area contributed by atoms with Crippen LogP contribution in [0.3, 0.4) is 0 Å². The van der Waals surface area contributed by atoms with Gasteiger partial charge in [0.1, 0.15) is 0 Å². The molecule has 18 heavy (non-hydrogen) atoms. The first-order valence-electron chi connectivity index (χ1n) is 6.75. The lowest BCUT2D eigenvalue weighted by molar-refractivity contribution is -0.128. The Labute approximate surface area is 112 Å². The lowest BCUT2D eigenvalue weighted by Crippen LogP contribution is -2.44. The Morgan fingerprint density at radius 2 is 1.56 bits per heavy atom. The highest BCUT2D eigenvalue weighted by Crippen LogP contribution is 2.22. The molecule has 0 saturated carbocycles. The van der Waals surface area contributed by atoms with Crippen molar-refractivity contribution in [1.29, 1.82) is 0 Å². The van der Waals surface area contributed by atoms with Crippen molar-refractivity contribution < 1.29 is 9.90 Å². The summed E-state index contributed by atoms with van der Waals surface area (Å²) < 4.78 is 0. The van der Waals surface area contributed by atoms with E-state index < -0.39 is 6.10 Å². The van der Waals surface area contributed by atoms with Gasteiger partial charge in [-0.05, 0) is 32.9 Å². The van der Waals surface area contributed by atoms with E-state index in [1.165, 1.54) is 0 Å². The molecule has 0 aromatic rings. The van der Waals surface area contributed by atoms with Crippen LogP contribution in [-0.2, 0) is 4.79 Å². The summed E-state index contributed by atoms with van der Waals surface area (Å²) in [6.07, 6.45) is 3.35. The summed E-state index contributed by atoms with van der Waals surface area (Å²) >= 11 is 0. The van der Waals surface area contributed by atoms with Crippen molar-refractivity contribution in [2.24, 2.45) is 17.8 Å². The average Bonchev–Trinajstić information content (AvgIpc) is 2.24. The third-order valence-corrected chi connectivity index (χ3v) is 3.44. The summed E-state index contributed by atoms with van der Waals surface area (Å²) in [6.45, 7) is 9.82. The third kappa shape index (κ3) is 5.32. The van der Waals surface area contributed by atoms with Gasteiger partial charge in [0.05, 0.1) is 12.1 Å². The molecule has 0 spiro atoms. The van der Waals surface area contributed by atoms with Gasteiger partial charge in [-0.2, -0.15) is 0 Å². The van der Waals surface area contributed by atoms with E-state index in [9.17, 15) is 9.90 Å². The van der Waals surface area contributed by atoms with Gasteiger partial charge in [-0.3, -0.25) is 9.69 Å². The van der Waals surface area contributed by atoms with Gasteiger partial charge in [0, 0.05) is 5.92 Å². The fourth-order valence-electron chi connectivity index (χ4n) is 2.12. The number of ketones is 1. The Morgan fingerprint density at radius 1 is 1.06 bits per heavy atom. The van der Waals surface area contributed by atoms with Crippen LogP contribution in [0, 0.1) is 17.8 Å². The second kappa shape index (κ2) is 7.70. The molecule has 0 aromatic heterocycles. The number of carbonyl (C=O) groups excluding carboxylic acids is 1. The molecule has 0 radical (unpaired) electrons. The minimum atomic E-state index is -0.432. The molecule has 0 fully saturated rings. The van der Waals surface area contributed by atoms with Crippen LogP contribution in [0.5, 0.6) is 0 Å². The molecule has 0 aliphatic carbocycles. The first-order valence-corrected chi connectivity index (χ1v) is 6.75. The average molecular weight is 255 g/mol. The molecule has 4 atom stereocenters. The van der Waals surface area contributed by atoms with Crippen LogP contribution in [0.2, 0.25) is 0 Å². The van der Waals surface area contributed by atoms with E-state index in [-0.39, 0.29) is 29.6 Å². The highest BCUT2D eigenvalue weighted by atomic mass is 16.3. The molecular weight excluding hydrogens is 226 g/mol. The molecule has 1 unspecified atom stereocenters. The molecule has 3 heteroatoms. The topological polar surface area (TPSA) is 40.5 Å². The monoisotopic (exact) mass is 255 g/mol. The second-order valence-corrected chi connectivity index (χ2v) is 5.81. The van der Waals surface area contributed by atoms with Crippen molar-refractivity contribution in [3.63, 3.8) is 0 Å². The van der Waals surface area contributed by atoms with Gasteiger partial charge >= 0.3 is 0 Å². The van der Waals surface area contributed by atoms with E-state index in [1.807, 2.05) is 38.9 Å². The predicted octanol–water partition coefficient (Wildman–Crippen LogP) is 2.35. The molecule has 0 saturated heterocycles. The minimum absolute atomic E-state index is 0.0489. The van der Waals surface area contributed by atoms with E-state index in [0.717, 1.165) is 0 Å². The molecule has 1 N–H and O–H groups in total. The van der Waals surface area contributed by atoms with Gasteiger partial charge in [0.15, 0.2) is 5.78 Å². The Bertz CT molecular complexity index is 282. The zero-order valence-electron chi connectivity index (χ0n) is 12.8. The lowest BCUT2D eigenvalue weighted by Gasteiger charge is -2.32. The largest absolute Gasteiger partial charge is 0.389 e. The number of hydrogen-bond acceptors (Lipinski definition) is 3. The maximum Gasteiger partial charge on any atom is 0.152 e. The number of rotatable bonds is 7. The Kier molecular flexibility index (Phi) is 7.41. The van der Waals surface area contributed by atoms with E-state index in [4.69, 9.17) is 0 Å². The SMILES string of the molecule is CC(O)/C=C/[C@@H](C)[C@@H](C)[C@@H](C(=O)C(C)C)N(C)C. The van der Waals surface area contributed by atoms with E-state index in [1.54, 1.807) is 13.0 Å². The summed E-state index contributed by atoms with van der Waals surface area (Å²) in [6, 6.07) is -0.0707. The van der Waals surface area contributed by atoms with Crippen molar-refractivity contribution in [2.45, 2.75) is 46.8 Å². The Morgan fingerprint density at radius 3 is 1.89 bits per heavy atom. The number of hydrogen-bond donors (Lipinski definition) is 1. The molecule has 0 heterocycles. The first-order chi connectivity index (χ1) is 8.18. The summed E-state index contributed by atoms with van der Waals surface area (Å²) in [5.41, 5.74) is 0. The molecule has 0 aromatic carbocycles. The first kappa shape index (κ1) is 17.3. The van der Waals surface area contributed by atoms with Crippen molar-refractivity contribution in [3.05, 3.63) is 12.2 Å². The van der Waals surface area contributed by atoms with Gasteiger partial charge in [-0.1, -0.05) is 39.8 Å². The van der Waals surface area contributed by atoms with Crippen LogP contribution < -0.4 is 0 Å². The van der Waals surface area contributed by atoms with Crippen molar-refractivity contribution in [1.82, 2.24) is 4.90 Å². The van der Waals surface area contributed by atoms with Gasteiger partial charge in [0.2, 0.25) is 0 Å². The zero-order valence-corrected chi connectivity index (χ0v) is 12.8. The predicted molar refractivity (Wildman–Crippen MR) is 76.5 cm³/mol. The molecule has 0 amide bonds. The summed E-state index contributed by atoms with van der Waals surface area (Å²) in [5.74, 6) is 0.817. The standard InChI is InChI=1S/C15H29NO2/c1-10(2)15(18)14(16(6)7)13(5)11(3)8-9-12(4)17/h8-14,17H,1-7H3/b9-8+/t11-,12?,13-,14+/m1/s1. The van der Waals surface area contributed by atoms with Gasteiger partial charge < -0.3 is 5.11 Å². The molecule has 0 aliphatic rings. The molecule has 106 valence electrons. The van der Waals surface area contributed by atoms with Crippen molar-refractivity contribution in [3.8, 4) is 0 Å². The zero-order chi connectivity index (χ0) is 14.5. The Balaban J connectivity index is 4.87. The van der Waals surface area contributed by atoms with E-state index >= 15 is 0 Å². The maximum absolute atomic E-state index is 12.3. The van der Waals surface area contributed by atoms with Crippen LogP contribution in [-0.4, -0.2) is 42.0 Å². The molecule has 0 aliphatic heterocycles. The van der Waals surface area contributed by atoms with E-state index in [0.29, 0.717) is 0 Å². The summed E-state index contributed by atoms with van der Waals surface area (Å²) in [7, 11) is 3.90. The Hall–Kier alpha value is -0.670. The maximum atomic E-state index is 12.3. The molecule has 3 nitrogen and oxygen atoms in total. The number of Topliss-reactive ketones (excluding diaryl/α,β-unsaturated/α-hetero) is 1. The van der Waals surface area contributed by atoms with E-state index in [2.05, 4.69) is 13.8 Å². The smallest absolute Gasteiger partial charge is 0.152 e. The number of allylic oxidation sites excluding steroid dienone is 1. The number of nitrogens with zero attached hydrogens (tertiary/aromatic N) is 1. The van der Waals surface area contributed by atoms with Gasteiger partial charge in [0.25, 0.3) is 0 Å². The highest BCUT2D eigenvalue weighted by Gasteiger charge is 2.30. The normalized spacial score (nSPS) is 19.2. The summed E-state index contributed by atoms with van der Waals surface area (Å²) in [5, 5.41) is 9.26. The fraction of sp³-hybridized carbons (Fsp3) is 0.800. The molecule has 0 bridgehead atoms. The lowest BCUT2D eigenvalue weighted by atomic mass is 9.83. The minimum Gasteiger partial charge on any atom is -0.389 e. The van der Waals surface area contributed by atoms with Crippen LogP contribution in [0.15, 0.2) is 12.2 Å². The number of carbonyl (C=O) groups is 1. The van der Waals surface area contributed by atoms with Crippen LogP contribution in [0.1, 0.15) is 34.6 Å². The quantitative estimate of drug-likeness (QED) is 0.710. The second-order valence-electron chi connectivity index (χ2n) is 5.81. The third-order valence-electron chi connectivity index (χ3n) is 3.44. The van der Waals surface area contributed by atoms with Crippen LogP contribution in [0.4, 0.5) is 0 Å². The number of aliphatic hydroxyl groups is 1. The van der Waals surface area contributed by atoms with Crippen LogP contribution in [0.25, 0.3) is 0 Å². The van der Waals surface area contributed by atoms with Crippen LogP contribution >= 0.6 is 0 Å². The van der Waals surface area contributed by atoms with Gasteiger partial charge in [-0.15, -0.1) is 0 Å². The fourth-order valence-corrected chi connectivity index (χ4v) is 2.12. The van der Waals surface area contributed by atoms with Crippen molar-refractivity contribution >= 4 is 5.78 Å². The highest BCUT2D eigenvalue weighted by molar-refractivity contribution is 5.86. The molecule has 0 rings (SSSR count). The van der Waals surface area contributed by atoms with Crippen molar-refractivity contribution in [2.75, 3.05) is 14.1 Å². The van der Waals surface area contributed by atoms with Gasteiger partial charge in [-0.25, -0.2) is 0 Å². The number of likely N-dealkylation sites (N-methyl/N-ethyl adjacent to an activating group) is 1.